The van der Waals surface area contributed by atoms with Crippen molar-refractivity contribution in [3.8, 4) is 0 Å². The Bertz CT molecular complexity index is 582. The van der Waals surface area contributed by atoms with E-state index in [0.29, 0.717) is 17.0 Å². The Labute approximate surface area is 137 Å². The van der Waals surface area contributed by atoms with Crippen LogP contribution < -0.4 is 0 Å². The first-order chi connectivity index (χ1) is 10.2. The molecule has 2 aromatic heterocycles. The summed E-state index contributed by atoms with van der Waals surface area (Å²) < 4.78 is 10.3. The third-order valence-corrected chi connectivity index (χ3v) is 5.33. The molecule has 5 nitrogen and oxygen atoms in total. The molecule has 1 atom stereocenters. The van der Waals surface area contributed by atoms with Crippen LogP contribution in [-0.4, -0.2) is 38.7 Å². The van der Waals surface area contributed by atoms with Gasteiger partial charge in [-0.15, -0.1) is 16.4 Å². The highest BCUT2D eigenvalue weighted by molar-refractivity contribution is 7.10. The predicted molar refractivity (Wildman–Crippen MR) is 84.9 cm³/mol. The van der Waals surface area contributed by atoms with Crippen LogP contribution in [0.25, 0.3) is 0 Å². The van der Waals surface area contributed by atoms with Gasteiger partial charge < -0.3 is 4.74 Å². The third-order valence-electron chi connectivity index (χ3n) is 3.39. The van der Waals surface area contributed by atoms with Gasteiger partial charge in [0.05, 0.1) is 12.6 Å². The minimum atomic E-state index is 0.302. The lowest BCUT2D eigenvalue weighted by Crippen LogP contribution is -2.31. The molecule has 0 N–H and O–H groups in total. The van der Waals surface area contributed by atoms with Gasteiger partial charge in [0, 0.05) is 42.3 Å². The Morgan fingerprint density at radius 3 is 3.00 bits per heavy atom. The van der Waals surface area contributed by atoms with Crippen LogP contribution in [0.4, 0.5) is 0 Å². The summed E-state index contributed by atoms with van der Waals surface area (Å²) in [6.45, 7) is 5.26. The Morgan fingerprint density at radius 1 is 1.48 bits per heavy atom. The SMILES string of the molecule is Cc1csc(CN(Cc2nnsc2Cl)C[C@@H]2CCCO2)n1. The van der Waals surface area contributed by atoms with Gasteiger partial charge in [-0.2, -0.15) is 0 Å². The number of aromatic nitrogens is 3. The number of nitrogens with zero attached hydrogens (tertiary/aromatic N) is 4. The molecular weight excluding hydrogens is 328 g/mol. The Morgan fingerprint density at radius 2 is 2.38 bits per heavy atom. The van der Waals surface area contributed by atoms with Gasteiger partial charge in [-0.25, -0.2) is 4.98 Å². The average Bonchev–Trinajstić information content (AvgIpc) is 3.16. The molecule has 21 heavy (non-hydrogen) atoms. The second-order valence-corrected chi connectivity index (χ2v) is 7.48. The van der Waals surface area contributed by atoms with Crippen molar-refractivity contribution in [2.24, 2.45) is 0 Å². The van der Waals surface area contributed by atoms with E-state index >= 15 is 0 Å². The standard InChI is InChI=1S/C13H17ClN4OS2/c1-9-8-20-12(15-9)7-18(5-10-3-2-4-19-10)6-11-13(14)21-17-16-11/h8,10H,2-7H2,1H3/t10-/m0/s1. The lowest BCUT2D eigenvalue weighted by molar-refractivity contribution is 0.0674. The smallest absolute Gasteiger partial charge is 0.138 e. The first-order valence-corrected chi connectivity index (χ1v) is 8.95. The zero-order chi connectivity index (χ0) is 14.7. The molecule has 0 saturated carbocycles. The van der Waals surface area contributed by atoms with E-state index in [9.17, 15) is 0 Å². The van der Waals surface area contributed by atoms with Crippen molar-refractivity contribution in [2.45, 2.75) is 39.0 Å². The third kappa shape index (κ3) is 4.20. The van der Waals surface area contributed by atoms with Crippen LogP contribution in [0.15, 0.2) is 5.38 Å². The monoisotopic (exact) mass is 344 g/mol. The number of hydrogen-bond donors (Lipinski definition) is 0. The van der Waals surface area contributed by atoms with Crippen LogP contribution in [0.2, 0.25) is 4.34 Å². The molecule has 0 spiro atoms. The van der Waals surface area contributed by atoms with Crippen LogP contribution in [0.5, 0.6) is 0 Å². The first-order valence-electron chi connectivity index (χ1n) is 6.92. The van der Waals surface area contributed by atoms with Gasteiger partial charge in [-0.3, -0.25) is 4.90 Å². The van der Waals surface area contributed by atoms with Gasteiger partial charge in [0.15, 0.2) is 0 Å². The molecule has 114 valence electrons. The molecule has 0 aromatic carbocycles. The van der Waals surface area contributed by atoms with Crippen molar-refractivity contribution in [1.29, 1.82) is 0 Å². The molecule has 0 radical (unpaired) electrons. The van der Waals surface area contributed by atoms with Gasteiger partial charge in [0.2, 0.25) is 0 Å². The van der Waals surface area contributed by atoms with E-state index in [0.717, 1.165) is 48.9 Å². The maximum Gasteiger partial charge on any atom is 0.138 e. The maximum absolute atomic E-state index is 6.13. The summed E-state index contributed by atoms with van der Waals surface area (Å²) in [7, 11) is 0. The summed E-state index contributed by atoms with van der Waals surface area (Å²) in [6, 6.07) is 0. The molecule has 0 bridgehead atoms. The Balaban J connectivity index is 1.68. The van der Waals surface area contributed by atoms with E-state index in [-0.39, 0.29) is 0 Å². The van der Waals surface area contributed by atoms with Crippen molar-refractivity contribution in [2.75, 3.05) is 13.2 Å². The van der Waals surface area contributed by atoms with E-state index in [1.165, 1.54) is 11.5 Å². The van der Waals surface area contributed by atoms with E-state index in [2.05, 4.69) is 24.9 Å². The summed E-state index contributed by atoms with van der Waals surface area (Å²) in [4.78, 5) is 6.85. The zero-order valence-electron chi connectivity index (χ0n) is 11.8. The zero-order valence-corrected chi connectivity index (χ0v) is 14.2. The molecule has 2 aromatic rings. The second-order valence-electron chi connectivity index (χ2n) is 5.18. The number of aryl methyl sites for hydroxylation is 1. The number of thiazole rings is 1. The topological polar surface area (TPSA) is 51.1 Å². The number of hydrogen-bond acceptors (Lipinski definition) is 7. The van der Waals surface area contributed by atoms with E-state index in [4.69, 9.17) is 16.3 Å². The summed E-state index contributed by atoms with van der Waals surface area (Å²) in [5.41, 5.74) is 1.91. The molecule has 0 amide bonds. The molecular formula is C13H17ClN4OS2. The molecule has 1 aliphatic heterocycles. The van der Waals surface area contributed by atoms with Crippen molar-refractivity contribution < 1.29 is 4.74 Å². The lowest BCUT2D eigenvalue weighted by atomic mass is 10.2. The van der Waals surface area contributed by atoms with E-state index in [1.807, 2.05) is 6.92 Å². The van der Waals surface area contributed by atoms with Crippen molar-refractivity contribution in [1.82, 2.24) is 19.5 Å². The van der Waals surface area contributed by atoms with Gasteiger partial charge in [-0.05, 0) is 19.8 Å². The van der Waals surface area contributed by atoms with Crippen LogP contribution >= 0.6 is 34.5 Å². The Kier molecular flexibility index (Phi) is 5.18. The largest absolute Gasteiger partial charge is 0.377 e. The number of halogens is 1. The second kappa shape index (κ2) is 7.11. The van der Waals surface area contributed by atoms with Crippen LogP contribution in [0.1, 0.15) is 29.2 Å². The summed E-state index contributed by atoms with van der Waals surface area (Å²) in [5, 5.41) is 7.31. The van der Waals surface area contributed by atoms with Crippen molar-refractivity contribution in [3.63, 3.8) is 0 Å². The molecule has 1 saturated heterocycles. The maximum atomic E-state index is 6.13. The number of ether oxygens (including phenoxy) is 1. The molecule has 3 heterocycles. The van der Waals surface area contributed by atoms with E-state index in [1.54, 1.807) is 11.3 Å². The van der Waals surface area contributed by atoms with Crippen LogP contribution in [0, 0.1) is 6.92 Å². The van der Waals surface area contributed by atoms with Gasteiger partial charge in [0.1, 0.15) is 15.0 Å². The summed E-state index contributed by atoms with van der Waals surface area (Å²) >= 11 is 9.06. The van der Waals surface area contributed by atoms with Gasteiger partial charge >= 0.3 is 0 Å². The van der Waals surface area contributed by atoms with Crippen molar-refractivity contribution in [3.05, 3.63) is 26.1 Å². The molecule has 0 unspecified atom stereocenters. The van der Waals surface area contributed by atoms with Gasteiger partial charge in [-0.1, -0.05) is 16.1 Å². The molecule has 3 rings (SSSR count). The highest BCUT2D eigenvalue weighted by Crippen LogP contribution is 2.22. The quantitative estimate of drug-likeness (QED) is 0.805. The summed E-state index contributed by atoms with van der Waals surface area (Å²) in [5.74, 6) is 0. The summed E-state index contributed by atoms with van der Waals surface area (Å²) in [6.07, 6.45) is 2.57. The molecule has 0 aliphatic carbocycles. The average molecular weight is 345 g/mol. The van der Waals surface area contributed by atoms with Crippen LogP contribution in [-0.2, 0) is 17.8 Å². The molecule has 8 heteroatoms. The normalized spacial score (nSPS) is 18.7. The lowest BCUT2D eigenvalue weighted by Gasteiger charge is -2.23. The fraction of sp³-hybridized carbons (Fsp3) is 0.615. The highest BCUT2D eigenvalue weighted by atomic mass is 35.5. The fourth-order valence-electron chi connectivity index (χ4n) is 2.43. The predicted octanol–water partition coefficient (Wildman–Crippen LogP) is 3.14. The Hall–Kier alpha value is -0.600. The highest BCUT2D eigenvalue weighted by Gasteiger charge is 2.21. The molecule has 1 fully saturated rings. The van der Waals surface area contributed by atoms with Crippen LogP contribution in [0.3, 0.4) is 0 Å². The number of rotatable bonds is 6. The minimum absolute atomic E-state index is 0.302. The van der Waals surface area contributed by atoms with Gasteiger partial charge in [0.25, 0.3) is 0 Å². The molecule has 1 aliphatic rings. The fourth-order valence-corrected chi connectivity index (χ4v) is 3.86. The van der Waals surface area contributed by atoms with Crippen molar-refractivity contribution >= 4 is 34.5 Å². The minimum Gasteiger partial charge on any atom is -0.377 e. The van der Waals surface area contributed by atoms with E-state index < -0.39 is 0 Å². The first kappa shape index (κ1) is 15.3.